The van der Waals surface area contributed by atoms with E-state index >= 15 is 0 Å². The van der Waals surface area contributed by atoms with Gasteiger partial charge in [-0.15, -0.1) is 0 Å². The van der Waals surface area contributed by atoms with Crippen molar-refractivity contribution in [2.45, 2.75) is 18.9 Å². The third-order valence-corrected chi connectivity index (χ3v) is 2.27. The van der Waals surface area contributed by atoms with E-state index in [0.29, 0.717) is 5.92 Å². The summed E-state index contributed by atoms with van der Waals surface area (Å²) < 4.78 is 0. The normalized spacial score (nSPS) is 50.9. The fraction of sp³-hybridized carbons (Fsp3) is 0.714. The Hall–Kier alpha value is -0.300. The maximum absolute atomic E-state index is 9.13. The molecule has 1 nitrogen and oxygen atoms in total. The van der Waals surface area contributed by atoms with Gasteiger partial charge in [-0.1, -0.05) is 12.2 Å². The number of aliphatic hydroxyl groups is 1. The van der Waals surface area contributed by atoms with Crippen molar-refractivity contribution in [3.8, 4) is 0 Å². The van der Waals surface area contributed by atoms with Crippen molar-refractivity contribution in [3.63, 3.8) is 0 Å². The van der Waals surface area contributed by atoms with Gasteiger partial charge in [-0.05, 0) is 24.7 Å². The first-order valence-electron chi connectivity index (χ1n) is 3.22. The summed E-state index contributed by atoms with van der Waals surface area (Å²) in [7, 11) is 0. The van der Waals surface area contributed by atoms with Crippen molar-refractivity contribution in [1.29, 1.82) is 0 Å². The zero-order valence-electron chi connectivity index (χ0n) is 4.75. The van der Waals surface area contributed by atoms with E-state index in [0.717, 1.165) is 5.92 Å². The second kappa shape index (κ2) is 1.35. The first-order valence-corrected chi connectivity index (χ1v) is 3.22. The Kier molecular flexibility index (Phi) is 0.770. The summed E-state index contributed by atoms with van der Waals surface area (Å²) >= 11 is 0. The van der Waals surface area contributed by atoms with Gasteiger partial charge in [0.25, 0.3) is 0 Å². The number of hydrogen-bond acceptors (Lipinski definition) is 1. The molecule has 0 amide bonds. The Bertz CT molecular complexity index is 122. The molecule has 1 saturated carbocycles. The summed E-state index contributed by atoms with van der Waals surface area (Å²) in [6.07, 6.45) is 6.43. The van der Waals surface area contributed by atoms with Crippen molar-refractivity contribution in [2.24, 2.45) is 11.8 Å². The Morgan fingerprint density at radius 1 is 1.25 bits per heavy atom. The van der Waals surface area contributed by atoms with E-state index in [4.69, 9.17) is 5.11 Å². The van der Waals surface area contributed by atoms with Crippen LogP contribution >= 0.6 is 0 Å². The Balaban J connectivity index is 2.19. The maximum Gasteiger partial charge on any atom is 0.0749 e. The first kappa shape index (κ1) is 4.57. The molecule has 44 valence electrons. The molecule has 0 radical (unpaired) electrons. The maximum atomic E-state index is 9.13. The van der Waals surface area contributed by atoms with E-state index in [1.54, 1.807) is 0 Å². The minimum absolute atomic E-state index is 0.111. The Labute approximate surface area is 49.0 Å². The minimum Gasteiger partial charge on any atom is -0.389 e. The highest BCUT2D eigenvalue weighted by Crippen LogP contribution is 2.41. The number of allylic oxidation sites excluding steroid dienone is 1. The number of aliphatic hydroxyl groups excluding tert-OH is 1. The molecule has 1 atom stereocenters. The lowest BCUT2D eigenvalue weighted by molar-refractivity contribution is 0.0600. The molecule has 8 heavy (non-hydrogen) atoms. The number of hydrogen-bond donors (Lipinski definition) is 1. The minimum atomic E-state index is -0.111. The van der Waals surface area contributed by atoms with E-state index in [9.17, 15) is 0 Å². The second-order valence-electron chi connectivity index (χ2n) is 2.87. The second-order valence-corrected chi connectivity index (χ2v) is 2.87. The molecule has 0 heterocycles. The monoisotopic (exact) mass is 110 g/mol. The molecule has 1 N–H and O–H groups in total. The highest BCUT2D eigenvalue weighted by Gasteiger charge is 2.34. The van der Waals surface area contributed by atoms with Gasteiger partial charge in [-0.25, -0.2) is 0 Å². The summed E-state index contributed by atoms with van der Waals surface area (Å²) in [6, 6.07) is 0. The summed E-state index contributed by atoms with van der Waals surface area (Å²) in [5, 5.41) is 9.13. The van der Waals surface area contributed by atoms with Gasteiger partial charge < -0.3 is 5.11 Å². The standard InChI is InChI=1S/C7H10O/c8-7-2-1-5-3-6(7)4-5/h1-2,5-8H,3-4H2. The molecule has 0 saturated heterocycles. The summed E-state index contributed by atoms with van der Waals surface area (Å²) in [5.41, 5.74) is 0. The van der Waals surface area contributed by atoms with Gasteiger partial charge in [0.2, 0.25) is 0 Å². The van der Waals surface area contributed by atoms with Crippen LogP contribution in [0.5, 0.6) is 0 Å². The number of rotatable bonds is 0. The highest BCUT2D eigenvalue weighted by atomic mass is 16.3. The molecule has 1 heteroatoms. The van der Waals surface area contributed by atoms with Crippen LogP contribution in [0.4, 0.5) is 0 Å². The van der Waals surface area contributed by atoms with Crippen LogP contribution in [-0.2, 0) is 0 Å². The summed E-state index contributed by atoms with van der Waals surface area (Å²) in [6.45, 7) is 0. The van der Waals surface area contributed by atoms with Crippen LogP contribution in [0.25, 0.3) is 0 Å². The molecule has 3 aliphatic carbocycles. The molecule has 2 bridgehead atoms. The third kappa shape index (κ3) is 0.451. The molecule has 1 fully saturated rings. The smallest absolute Gasteiger partial charge is 0.0749 e. The van der Waals surface area contributed by atoms with E-state index in [1.807, 2.05) is 6.08 Å². The fourth-order valence-corrected chi connectivity index (χ4v) is 1.57. The Morgan fingerprint density at radius 2 is 2.00 bits per heavy atom. The van der Waals surface area contributed by atoms with Crippen LogP contribution in [0.2, 0.25) is 0 Å². The molecule has 3 aliphatic rings. The van der Waals surface area contributed by atoms with Crippen molar-refractivity contribution in [3.05, 3.63) is 12.2 Å². The van der Waals surface area contributed by atoms with Gasteiger partial charge in [-0.2, -0.15) is 0 Å². The summed E-state index contributed by atoms with van der Waals surface area (Å²) in [5.74, 6) is 1.44. The third-order valence-electron chi connectivity index (χ3n) is 2.27. The van der Waals surface area contributed by atoms with Crippen LogP contribution in [0.1, 0.15) is 12.8 Å². The van der Waals surface area contributed by atoms with E-state index in [2.05, 4.69) is 6.08 Å². The summed E-state index contributed by atoms with van der Waals surface area (Å²) in [4.78, 5) is 0. The van der Waals surface area contributed by atoms with Crippen LogP contribution < -0.4 is 0 Å². The van der Waals surface area contributed by atoms with Gasteiger partial charge in [0, 0.05) is 0 Å². The quantitative estimate of drug-likeness (QED) is 0.460. The van der Waals surface area contributed by atoms with E-state index in [-0.39, 0.29) is 6.10 Å². The molecule has 3 rings (SSSR count). The average molecular weight is 110 g/mol. The highest BCUT2D eigenvalue weighted by molar-refractivity contribution is 5.09. The molecular formula is C7H10O. The zero-order valence-corrected chi connectivity index (χ0v) is 4.75. The topological polar surface area (TPSA) is 20.2 Å². The lowest BCUT2D eigenvalue weighted by Gasteiger charge is -2.39. The van der Waals surface area contributed by atoms with Crippen molar-refractivity contribution in [2.75, 3.05) is 0 Å². The zero-order chi connectivity index (χ0) is 5.56. The van der Waals surface area contributed by atoms with Gasteiger partial charge in [0.05, 0.1) is 6.10 Å². The molecule has 0 aliphatic heterocycles. The molecule has 1 unspecified atom stereocenters. The van der Waals surface area contributed by atoms with Crippen LogP contribution in [-0.4, -0.2) is 11.2 Å². The number of fused-ring (bicyclic) bond motifs is 1. The van der Waals surface area contributed by atoms with Gasteiger partial charge >= 0.3 is 0 Å². The van der Waals surface area contributed by atoms with Gasteiger partial charge in [0.1, 0.15) is 0 Å². The lowest BCUT2D eigenvalue weighted by atomic mass is 9.68. The average Bonchev–Trinajstić information content (AvgIpc) is 1.62. The van der Waals surface area contributed by atoms with Gasteiger partial charge in [-0.3, -0.25) is 0 Å². The van der Waals surface area contributed by atoms with E-state index < -0.39 is 0 Å². The molecule has 0 aromatic carbocycles. The molecular weight excluding hydrogens is 100 g/mol. The first-order chi connectivity index (χ1) is 3.86. The van der Waals surface area contributed by atoms with Crippen molar-refractivity contribution < 1.29 is 5.11 Å². The van der Waals surface area contributed by atoms with E-state index in [1.165, 1.54) is 12.8 Å². The SMILES string of the molecule is OC1C=CC2CC1C2. The molecule has 0 aromatic heterocycles. The molecule has 0 spiro atoms. The Morgan fingerprint density at radius 3 is 2.25 bits per heavy atom. The molecule has 0 aromatic rings. The predicted molar refractivity (Wildman–Crippen MR) is 31.4 cm³/mol. The van der Waals surface area contributed by atoms with Crippen molar-refractivity contribution in [1.82, 2.24) is 0 Å². The largest absolute Gasteiger partial charge is 0.389 e. The van der Waals surface area contributed by atoms with Crippen LogP contribution in [0, 0.1) is 11.8 Å². The fourth-order valence-electron chi connectivity index (χ4n) is 1.57. The lowest BCUT2D eigenvalue weighted by Crippen LogP contribution is -2.35. The predicted octanol–water partition coefficient (Wildman–Crippen LogP) is 0.943. The van der Waals surface area contributed by atoms with Crippen molar-refractivity contribution >= 4 is 0 Å². The van der Waals surface area contributed by atoms with Crippen LogP contribution in [0.3, 0.4) is 0 Å². The van der Waals surface area contributed by atoms with Gasteiger partial charge in [0.15, 0.2) is 0 Å². The van der Waals surface area contributed by atoms with Crippen LogP contribution in [0.15, 0.2) is 12.2 Å².